The van der Waals surface area contributed by atoms with Crippen LogP contribution >= 0.6 is 11.3 Å². The fraction of sp³-hybridized carbons (Fsp3) is 0.357. The maximum atomic E-state index is 4.69. The van der Waals surface area contributed by atoms with Crippen LogP contribution in [-0.4, -0.2) is 11.5 Å². The maximum absolute atomic E-state index is 4.69. The molecule has 1 N–H and O–H groups in total. The van der Waals surface area contributed by atoms with Crippen molar-refractivity contribution in [1.82, 2.24) is 10.3 Å². The number of hydrogen-bond donors (Lipinski definition) is 1. The van der Waals surface area contributed by atoms with Gasteiger partial charge in [-0.3, -0.25) is 0 Å². The third-order valence-corrected chi connectivity index (χ3v) is 4.16. The van der Waals surface area contributed by atoms with Gasteiger partial charge in [-0.25, -0.2) is 4.98 Å². The molecule has 1 aromatic carbocycles. The van der Waals surface area contributed by atoms with Crippen molar-refractivity contribution in [2.45, 2.75) is 26.6 Å². The van der Waals surface area contributed by atoms with Crippen LogP contribution in [0.2, 0.25) is 0 Å². The van der Waals surface area contributed by atoms with Gasteiger partial charge in [-0.15, -0.1) is 11.3 Å². The Bertz CT molecular complexity index is 510. The van der Waals surface area contributed by atoms with Gasteiger partial charge in [0.2, 0.25) is 0 Å². The highest BCUT2D eigenvalue weighted by Crippen LogP contribution is 2.30. The third kappa shape index (κ3) is 2.26. The predicted molar refractivity (Wildman–Crippen MR) is 75.8 cm³/mol. The van der Waals surface area contributed by atoms with E-state index in [-0.39, 0.29) is 0 Å². The van der Waals surface area contributed by atoms with Crippen LogP contribution in [0, 0.1) is 0 Å². The van der Waals surface area contributed by atoms with Gasteiger partial charge < -0.3 is 10.2 Å². The van der Waals surface area contributed by atoms with Gasteiger partial charge in [0.25, 0.3) is 0 Å². The monoisotopic (exact) mass is 259 g/mol. The molecule has 0 aliphatic carbocycles. The van der Waals surface area contributed by atoms with E-state index in [1.165, 1.54) is 11.1 Å². The van der Waals surface area contributed by atoms with Crippen molar-refractivity contribution in [1.29, 1.82) is 0 Å². The topological polar surface area (TPSA) is 28.2 Å². The highest BCUT2D eigenvalue weighted by atomic mass is 32.1. The molecule has 2 heterocycles. The smallest absolute Gasteiger partial charge is 0.186 e. The maximum Gasteiger partial charge on any atom is 0.186 e. The summed E-state index contributed by atoms with van der Waals surface area (Å²) in [5.74, 6) is 0. The molecule has 0 unspecified atom stereocenters. The molecule has 1 aliphatic rings. The van der Waals surface area contributed by atoms with Crippen LogP contribution in [0.5, 0.6) is 0 Å². The SMILES string of the molecule is CCNCc1csc(N2Cc3ccccc3C2)n1. The number of hydrogen-bond acceptors (Lipinski definition) is 4. The summed E-state index contributed by atoms with van der Waals surface area (Å²) in [7, 11) is 0. The molecule has 0 bridgehead atoms. The van der Waals surface area contributed by atoms with Crippen molar-refractivity contribution in [3.63, 3.8) is 0 Å². The molecule has 0 amide bonds. The summed E-state index contributed by atoms with van der Waals surface area (Å²) in [5.41, 5.74) is 4.01. The van der Waals surface area contributed by atoms with Gasteiger partial charge in [-0.2, -0.15) is 0 Å². The Kier molecular flexibility index (Phi) is 3.30. The molecule has 0 saturated heterocycles. The first-order chi connectivity index (χ1) is 8.86. The lowest BCUT2D eigenvalue weighted by molar-refractivity contribution is 0.712. The Morgan fingerprint density at radius 1 is 1.28 bits per heavy atom. The number of nitrogens with one attached hydrogen (secondary N) is 1. The van der Waals surface area contributed by atoms with Gasteiger partial charge >= 0.3 is 0 Å². The van der Waals surface area contributed by atoms with Gasteiger partial charge in [0, 0.05) is 25.0 Å². The van der Waals surface area contributed by atoms with E-state index >= 15 is 0 Å². The first-order valence-corrected chi connectivity index (χ1v) is 7.21. The molecule has 3 nitrogen and oxygen atoms in total. The summed E-state index contributed by atoms with van der Waals surface area (Å²) in [6.45, 7) is 5.95. The Morgan fingerprint density at radius 3 is 2.67 bits per heavy atom. The molecule has 2 aromatic rings. The van der Waals surface area contributed by atoms with E-state index in [0.29, 0.717) is 0 Å². The molecule has 1 aliphatic heterocycles. The summed E-state index contributed by atoms with van der Waals surface area (Å²) in [4.78, 5) is 7.05. The molecule has 0 radical (unpaired) electrons. The predicted octanol–water partition coefficient (Wildman–Crippen LogP) is 2.77. The number of nitrogens with zero attached hydrogens (tertiary/aromatic N) is 2. The second kappa shape index (κ2) is 5.08. The van der Waals surface area contributed by atoms with Gasteiger partial charge in [0.1, 0.15) is 0 Å². The molecule has 0 spiro atoms. The largest absolute Gasteiger partial charge is 0.339 e. The van der Waals surface area contributed by atoms with Crippen LogP contribution in [0.15, 0.2) is 29.6 Å². The second-order valence-corrected chi connectivity index (χ2v) is 5.36. The first kappa shape index (κ1) is 11.7. The molecule has 0 saturated carbocycles. The minimum absolute atomic E-state index is 0.869. The van der Waals surface area contributed by atoms with E-state index in [9.17, 15) is 0 Å². The van der Waals surface area contributed by atoms with E-state index in [1.54, 1.807) is 11.3 Å². The quantitative estimate of drug-likeness (QED) is 0.915. The molecule has 4 heteroatoms. The van der Waals surface area contributed by atoms with Crippen LogP contribution in [0.1, 0.15) is 23.7 Å². The number of fused-ring (bicyclic) bond motifs is 1. The van der Waals surface area contributed by atoms with E-state index < -0.39 is 0 Å². The zero-order chi connectivity index (χ0) is 12.4. The van der Waals surface area contributed by atoms with Crippen molar-refractivity contribution in [2.75, 3.05) is 11.4 Å². The summed E-state index contributed by atoms with van der Waals surface area (Å²) in [6, 6.07) is 8.65. The minimum Gasteiger partial charge on any atom is -0.339 e. The van der Waals surface area contributed by atoms with E-state index in [0.717, 1.165) is 37.0 Å². The van der Waals surface area contributed by atoms with Crippen molar-refractivity contribution < 1.29 is 0 Å². The van der Waals surface area contributed by atoms with Gasteiger partial charge in [-0.05, 0) is 17.7 Å². The zero-order valence-corrected chi connectivity index (χ0v) is 11.3. The second-order valence-electron chi connectivity index (χ2n) is 4.53. The normalized spacial score (nSPS) is 13.9. The summed E-state index contributed by atoms with van der Waals surface area (Å²) in [5, 5.41) is 6.60. The van der Waals surface area contributed by atoms with Gasteiger partial charge in [-0.1, -0.05) is 31.2 Å². The van der Waals surface area contributed by atoms with Crippen LogP contribution in [0.4, 0.5) is 5.13 Å². The van der Waals surface area contributed by atoms with E-state index in [1.807, 2.05) is 0 Å². The fourth-order valence-electron chi connectivity index (χ4n) is 2.24. The number of thiazole rings is 1. The Hall–Kier alpha value is -1.39. The highest BCUT2D eigenvalue weighted by molar-refractivity contribution is 7.13. The molecule has 3 rings (SSSR count). The van der Waals surface area contributed by atoms with Gasteiger partial charge in [0.15, 0.2) is 5.13 Å². The van der Waals surface area contributed by atoms with Crippen LogP contribution in [-0.2, 0) is 19.6 Å². The number of rotatable bonds is 4. The third-order valence-electron chi connectivity index (χ3n) is 3.21. The highest BCUT2D eigenvalue weighted by Gasteiger charge is 2.20. The van der Waals surface area contributed by atoms with Crippen LogP contribution in [0.25, 0.3) is 0 Å². The summed E-state index contributed by atoms with van der Waals surface area (Å²) in [6.07, 6.45) is 0. The van der Waals surface area contributed by atoms with Crippen molar-refractivity contribution in [3.05, 3.63) is 46.5 Å². The molecular weight excluding hydrogens is 242 g/mol. The minimum atomic E-state index is 0.869. The van der Waals surface area contributed by atoms with Crippen molar-refractivity contribution >= 4 is 16.5 Å². The lowest BCUT2D eigenvalue weighted by atomic mass is 10.1. The molecule has 18 heavy (non-hydrogen) atoms. The molecule has 94 valence electrons. The Labute approximate surface area is 111 Å². The molecule has 0 fully saturated rings. The lowest BCUT2D eigenvalue weighted by Gasteiger charge is -2.12. The van der Waals surface area contributed by atoms with Gasteiger partial charge in [0.05, 0.1) is 5.69 Å². The summed E-state index contributed by atoms with van der Waals surface area (Å²) >= 11 is 1.74. The first-order valence-electron chi connectivity index (χ1n) is 6.33. The van der Waals surface area contributed by atoms with E-state index in [2.05, 4.69) is 46.8 Å². The average Bonchev–Trinajstić information content (AvgIpc) is 3.02. The standard InChI is InChI=1S/C14H17N3S/c1-2-15-7-13-10-18-14(16-13)17-8-11-5-3-4-6-12(11)9-17/h3-6,10,15H,2,7-9H2,1H3. The number of aromatic nitrogens is 1. The zero-order valence-electron chi connectivity index (χ0n) is 10.5. The van der Waals surface area contributed by atoms with Crippen LogP contribution < -0.4 is 10.2 Å². The van der Waals surface area contributed by atoms with Crippen LogP contribution in [0.3, 0.4) is 0 Å². The molecular formula is C14H17N3S. The molecule has 0 atom stereocenters. The average molecular weight is 259 g/mol. The lowest BCUT2D eigenvalue weighted by Crippen LogP contribution is -2.15. The van der Waals surface area contributed by atoms with E-state index in [4.69, 9.17) is 4.98 Å². The number of anilines is 1. The summed E-state index contributed by atoms with van der Waals surface area (Å²) < 4.78 is 0. The van der Waals surface area contributed by atoms with Crippen molar-refractivity contribution in [3.8, 4) is 0 Å². The number of benzene rings is 1. The van der Waals surface area contributed by atoms with Crippen molar-refractivity contribution in [2.24, 2.45) is 0 Å². The Balaban J connectivity index is 1.72. The molecule has 1 aromatic heterocycles. The fourth-order valence-corrected chi connectivity index (χ4v) is 3.07. The Morgan fingerprint density at radius 2 is 2.00 bits per heavy atom.